The second-order valence-corrected chi connectivity index (χ2v) is 7.14. The predicted molar refractivity (Wildman–Crippen MR) is 98.0 cm³/mol. The highest BCUT2D eigenvalue weighted by molar-refractivity contribution is 7.19. The molecular formula is C16H13N5OS2. The van der Waals surface area contributed by atoms with E-state index >= 15 is 0 Å². The molecule has 8 heteroatoms. The zero-order valence-corrected chi connectivity index (χ0v) is 14.2. The van der Waals surface area contributed by atoms with Crippen molar-refractivity contribution in [2.24, 2.45) is 5.11 Å². The number of pyridine rings is 2. The number of azide groups is 1. The topological polar surface area (TPSA) is 94.8 Å². The first kappa shape index (κ1) is 16.4. The van der Waals surface area contributed by atoms with Gasteiger partial charge < -0.3 is 5.11 Å². The Hall–Kier alpha value is -2.51. The highest BCUT2D eigenvalue weighted by Crippen LogP contribution is 2.25. The molecule has 0 saturated heterocycles. The average molecular weight is 355 g/mol. The van der Waals surface area contributed by atoms with Gasteiger partial charge in [-0.2, -0.15) is 0 Å². The molecule has 6 nitrogen and oxygen atoms in total. The summed E-state index contributed by atoms with van der Waals surface area (Å²) in [4.78, 5) is 12.8. The first-order valence-corrected chi connectivity index (χ1v) is 8.70. The van der Waals surface area contributed by atoms with E-state index in [-0.39, 0.29) is 6.61 Å². The van der Waals surface area contributed by atoms with Gasteiger partial charge in [-0.1, -0.05) is 5.11 Å². The van der Waals surface area contributed by atoms with Gasteiger partial charge in [-0.05, 0) is 29.8 Å². The van der Waals surface area contributed by atoms with Crippen LogP contribution in [0.3, 0.4) is 0 Å². The van der Waals surface area contributed by atoms with Crippen LogP contribution < -0.4 is 0 Å². The van der Waals surface area contributed by atoms with Gasteiger partial charge in [-0.25, -0.2) is 0 Å². The zero-order chi connectivity index (χ0) is 16.8. The molecule has 0 radical (unpaired) electrons. The molecule has 0 unspecified atom stereocenters. The van der Waals surface area contributed by atoms with Crippen LogP contribution in [0.15, 0.2) is 54.2 Å². The zero-order valence-electron chi connectivity index (χ0n) is 12.5. The summed E-state index contributed by atoms with van der Waals surface area (Å²) in [5.74, 6) is 0. The average Bonchev–Trinajstić information content (AvgIpc) is 3.23. The minimum absolute atomic E-state index is 0.124. The summed E-state index contributed by atoms with van der Waals surface area (Å²) >= 11 is 3.24. The van der Waals surface area contributed by atoms with Crippen LogP contribution in [0.25, 0.3) is 30.6 Å². The van der Waals surface area contributed by atoms with Gasteiger partial charge in [0.2, 0.25) is 0 Å². The minimum atomic E-state index is 0.124. The Bertz CT molecular complexity index is 938. The summed E-state index contributed by atoms with van der Waals surface area (Å²) in [6.07, 6.45) is 7.15. The molecular weight excluding hydrogens is 342 g/mol. The quantitative estimate of drug-likeness (QED) is 0.322. The molecule has 24 heavy (non-hydrogen) atoms. The van der Waals surface area contributed by atoms with Crippen LogP contribution in [0.2, 0.25) is 0 Å². The number of aliphatic hydroxyl groups is 1. The number of hydrogen-bond acceptors (Lipinski definition) is 6. The first-order valence-electron chi connectivity index (χ1n) is 7.06. The first-order chi connectivity index (χ1) is 11.8. The Labute approximate surface area is 145 Å². The van der Waals surface area contributed by atoms with Gasteiger partial charge >= 0.3 is 0 Å². The van der Waals surface area contributed by atoms with Crippen molar-refractivity contribution in [3.05, 3.63) is 69.2 Å². The summed E-state index contributed by atoms with van der Waals surface area (Å²) in [6, 6.07) is 7.88. The number of nitrogens with zero attached hydrogens (tertiary/aromatic N) is 5. The third-order valence-corrected chi connectivity index (χ3v) is 5.38. The van der Waals surface area contributed by atoms with E-state index in [4.69, 9.17) is 10.6 Å². The standard InChI is InChI=1S/C8H6N4S.C8H7NOS/c9-12-11-5-7-3-6-4-10-2-1-8(6)13-7;10-5-7-3-6-4-9-2-1-8(6)11-7/h1-4H,5H2;1-4,10H,5H2. The Balaban J connectivity index is 0.000000143. The lowest BCUT2D eigenvalue weighted by molar-refractivity contribution is 0.285. The fraction of sp³-hybridized carbons (Fsp3) is 0.125. The molecule has 0 spiro atoms. The Kier molecular flexibility index (Phi) is 5.35. The fourth-order valence-electron chi connectivity index (χ4n) is 2.14. The van der Waals surface area contributed by atoms with Gasteiger partial charge in [-0.15, -0.1) is 22.7 Å². The lowest BCUT2D eigenvalue weighted by Gasteiger charge is -1.81. The maximum absolute atomic E-state index is 8.83. The van der Waals surface area contributed by atoms with E-state index in [2.05, 4.69) is 20.0 Å². The second-order valence-electron chi connectivity index (χ2n) is 4.80. The van der Waals surface area contributed by atoms with Crippen LogP contribution in [-0.2, 0) is 13.2 Å². The summed E-state index contributed by atoms with van der Waals surface area (Å²) in [6.45, 7) is 0.551. The third kappa shape index (κ3) is 3.87. The summed E-state index contributed by atoms with van der Waals surface area (Å²) in [5, 5.41) is 14.6. The highest BCUT2D eigenvalue weighted by Gasteiger charge is 1.99. The van der Waals surface area contributed by atoms with E-state index in [1.54, 1.807) is 35.1 Å². The van der Waals surface area contributed by atoms with Crippen molar-refractivity contribution in [3.63, 3.8) is 0 Å². The van der Waals surface area contributed by atoms with Gasteiger partial charge in [0.15, 0.2) is 0 Å². The molecule has 0 amide bonds. The second kappa shape index (κ2) is 7.85. The molecule has 0 aliphatic heterocycles. The molecule has 0 fully saturated rings. The van der Waals surface area contributed by atoms with Crippen LogP contribution in [0, 0.1) is 0 Å². The molecule has 0 aliphatic carbocycles. The molecule has 0 atom stereocenters. The number of aliphatic hydroxyl groups excluding tert-OH is 1. The Morgan fingerprint density at radius 1 is 1.00 bits per heavy atom. The van der Waals surface area contributed by atoms with Gasteiger partial charge in [0, 0.05) is 59.6 Å². The van der Waals surface area contributed by atoms with Crippen LogP contribution >= 0.6 is 22.7 Å². The van der Waals surface area contributed by atoms with E-state index in [1.165, 1.54) is 9.40 Å². The Morgan fingerprint density at radius 3 is 2.12 bits per heavy atom. The molecule has 0 aliphatic rings. The van der Waals surface area contributed by atoms with Crippen molar-refractivity contribution >= 4 is 42.8 Å². The van der Waals surface area contributed by atoms with E-state index in [0.717, 1.165) is 20.5 Å². The largest absolute Gasteiger partial charge is 0.391 e. The van der Waals surface area contributed by atoms with Crippen LogP contribution in [0.5, 0.6) is 0 Å². The van der Waals surface area contributed by atoms with Crippen molar-refractivity contribution in [3.8, 4) is 0 Å². The van der Waals surface area contributed by atoms with Gasteiger partial charge in [0.1, 0.15) is 0 Å². The number of rotatable bonds is 3. The van der Waals surface area contributed by atoms with Gasteiger partial charge in [-0.3, -0.25) is 9.97 Å². The highest BCUT2D eigenvalue weighted by atomic mass is 32.1. The lowest BCUT2D eigenvalue weighted by Crippen LogP contribution is -1.70. The normalized spacial score (nSPS) is 10.2. The molecule has 4 aromatic rings. The number of fused-ring (bicyclic) bond motifs is 2. The van der Waals surface area contributed by atoms with Crippen LogP contribution in [-0.4, -0.2) is 15.1 Å². The van der Waals surface area contributed by atoms with Crippen molar-refractivity contribution < 1.29 is 5.11 Å². The van der Waals surface area contributed by atoms with E-state index in [0.29, 0.717) is 6.54 Å². The molecule has 0 bridgehead atoms. The molecule has 4 rings (SSSR count). The molecule has 4 aromatic heterocycles. The number of hydrogen-bond donors (Lipinski definition) is 1. The number of aromatic nitrogens is 2. The molecule has 1 N–H and O–H groups in total. The Morgan fingerprint density at radius 2 is 1.58 bits per heavy atom. The van der Waals surface area contributed by atoms with E-state index < -0.39 is 0 Å². The monoisotopic (exact) mass is 355 g/mol. The van der Waals surface area contributed by atoms with E-state index in [9.17, 15) is 0 Å². The smallest absolute Gasteiger partial charge is 0.0774 e. The van der Waals surface area contributed by atoms with Crippen molar-refractivity contribution in [2.45, 2.75) is 13.2 Å². The van der Waals surface area contributed by atoms with Gasteiger partial charge in [0.05, 0.1) is 13.2 Å². The fourth-order valence-corrected chi connectivity index (χ4v) is 3.98. The third-order valence-electron chi connectivity index (χ3n) is 3.18. The summed E-state index contributed by atoms with van der Waals surface area (Å²) in [7, 11) is 0. The summed E-state index contributed by atoms with van der Waals surface area (Å²) in [5.41, 5.74) is 8.15. The maximum atomic E-state index is 8.83. The van der Waals surface area contributed by atoms with E-state index in [1.807, 2.05) is 36.7 Å². The lowest BCUT2D eigenvalue weighted by atomic mass is 10.3. The molecule has 120 valence electrons. The molecule has 4 heterocycles. The van der Waals surface area contributed by atoms with Crippen molar-refractivity contribution in [1.29, 1.82) is 0 Å². The number of thiophene rings is 2. The van der Waals surface area contributed by atoms with Crippen molar-refractivity contribution in [1.82, 2.24) is 9.97 Å². The maximum Gasteiger partial charge on any atom is 0.0774 e. The minimum Gasteiger partial charge on any atom is -0.391 e. The van der Waals surface area contributed by atoms with Crippen molar-refractivity contribution in [2.75, 3.05) is 0 Å². The molecule has 0 aromatic carbocycles. The summed E-state index contributed by atoms with van der Waals surface area (Å²) < 4.78 is 2.36. The SMILES string of the molecule is OCc1cc2cnccc2s1.[N-]=[N+]=NCc1cc2cnccc2s1. The molecule has 0 saturated carbocycles. The predicted octanol–water partition coefficient (Wildman–Crippen LogP) is 4.90. The van der Waals surface area contributed by atoms with Crippen LogP contribution in [0.4, 0.5) is 0 Å². The van der Waals surface area contributed by atoms with Gasteiger partial charge in [0.25, 0.3) is 0 Å². The van der Waals surface area contributed by atoms with Crippen LogP contribution in [0.1, 0.15) is 9.75 Å².